The number of carbonyl (C=O) groups is 6. The van der Waals surface area contributed by atoms with Crippen molar-refractivity contribution in [2.45, 2.75) is 38.8 Å². The van der Waals surface area contributed by atoms with Crippen LogP contribution in [0.4, 0.5) is 10.5 Å². The molecular formula is C22H30BIN6O6. The Morgan fingerprint density at radius 2 is 1.61 bits per heavy atom. The third kappa shape index (κ3) is 11.5. The van der Waals surface area contributed by atoms with E-state index in [0.29, 0.717) is 12.1 Å². The summed E-state index contributed by atoms with van der Waals surface area (Å²) in [6.45, 7) is 3.21. The Morgan fingerprint density at radius 1 is 0.972 bits per heavy atom. The predicted octanol–water partition coefficient (Wildman–Crippen LogP) is -0.441. The van der Waals surface area contributed by atoms with Gasteiger partial charge < -0.3 is 37.1 Å². The Hall–Kier alpha value is -3.17. The molecule has 0 bridgehead atoms. The number of anilines is 1. The molecule has 36 heavy (non-hydrogen) atoms. The Morgan fingerprint density at radius 3 is 2.14 bits per heavy atom. The second-order valence-electron chi connectivity index (χ2n) is 8.13. The summed E-state index contributed by atoms with van der Waals surface area (Å²) in [4.78, 5) is 71.7. The van der Waals surface area contributed by atoms with E-state index in [1.54, 1.807) is 26.0 Å². The zero-order chi connectivity index (χ0) is 27.3. The summed E-state index contributed by atoms with van der Waals surface area (Å²) < 4.78 is 0.286. The van der Waals surface area contributed by atoms with E-state index < -0.39 is 48.1 Å². The van der Waals surface area contributed by atoms with Gasteiger partial charge in [-0.2, -0.15) is 0 Å². The Labute approximate surface area is 224 Å². The first-order valence-corrected chi connectivity index (χ1v) is 12.6. The molecule has 1 unspecified atom stereocenters. The minimum atomic E-state index is -1.05. The highest BCUT2D eigenvalue weighted by molar-refractivity contribution is 14.1. The number of rotatable bonds is 14. The number of benzene rings is 1. The van der Waals surface area contributed by atoms with Crippen LogP contribution in [0.25, 0.3) is 0 Å². The maximum absolute atomic E-state index is 13.0. The van der Waals surface area contributed by atoms with Crippen molar-refractivity contribution in [3.8, 4) is 0 Å². The van der Waals surface area contributed by atoms with E-state index in [1.807, 2.05) is 22.6 Å². The maximum Gasteiger partial charge on any atom is 0.312 e. The molecule has 14 heteroatoms. The summed E-state index contributed by atoms with van der Waals surface area (Å²) in [5, 5.41) is 12.7. The maximum atomic E-state index is 13.0. The summed E-state index contributed by atoms with van der Waals surface area (Å²) in [5.74, 6) is -2.27. The van der Waals surface area contributed by atoms with Gasteiger partial charge in [0, 0.05) is 17.8 Å². The normalized spacial score (nSPS) is 12.1. The summed E-state index contributed by atoms with van der Waals surface area (Å²) in [6, 6.07) is 3.41. The fraction of sp³-hybridized carbons (Fsp3) is 0.455. The van der Waals surface area contributed by atoms with Crippen LogP contribution in [0.15, 0.2) is 24.3 Å². The van der Waals surface area contributed by atoms with Gasteiger partial charge in [0.25, 0.3) is 5.91 Å². The zero-order valence-corrected chi connectivity index (χ0v) is 22.2. The molecule has 2 radical (unpaired) electrons. The molecule has 1 aromatic carbocycles. The van der Waals surface area contributed by atoms with Crippen LogP contribution < -0.4 is 32.3 Å². The van der Waals surface area contributed by atoms with E-state index in [9.17, 15) is 28.8 Å². The molecule has 0 aromatic heterocycles. The number of halogens is 1. The first kappa shape index (κ1) is 30.9. The highest BCUT2D eigenvalue weighted by Gasteiger charge is 2.29. The van der Waals surface area contributed by atoms with Gasteiger partial charge in [-0.3, -0.25) is 19.2 Å². The molecule has 1 rings (SSSR count). The van der Waals surface area contributed by atoms with E-state index in [4.69, 9.17) is 13.6 Å². The number of carbonyl (C=O) groups excluding carboxylic acids is 6. The molecule has 0 saturated carbocycles. The van der Waals surface area contributed by atoms with Gasteiger partial charge in [-0.05, 0) is 43.0 Å². The molecule has 0 heterocycles. The lowest BCUT2D eigenvalue weighted by atomic mass is 10.0. The Kier molecular flexibility index (Phi) is 13.5. The number of hydrogen-bond acceptors (Lipinski definition) is 6. The van der Waals surface area contributed by atoms with Gasteiger partial charge in [0.15, 0.2) is 7.85 Å². The van der Waals surface area contributed by atoms with Crippen LogP contribution in [-0.4, -0.2) is 72.8 Å². The Balaban J connectivity index is 2.89. The standard InChI is InChI=1S/C22H30BIN6O6/c1-12(2)18(30-19(33)13-5-7-14(8-6-13)28-17(32)10-24)21(35)29-15(4-3-9-26-22(25)36)20(34)27-11-16(23)31/h5-8,12,15,18H,3-4,9-11H2,1-2H3,(H,27,34)(H,28,32)(H,29,35)(H,30,33)(H3,25,26,36)/t15-,18?/m0/s1. The van der Waals surface area contributed by atoms with Gasteiger partial charge in [0.05, 0.1) is 16.7 Å². The van der Waals surface area contributed by atoms with Crippen molar-refractivity contribution in [1.82, 2.24) is 21.3 Å². The molecule has 1 aromatic rings. The van der Waals surface area contributed by atoms with Crippen LogP contribution >= 0.6 is 22.6 Å². The number of nitrogens with one attached hydrogen (secondary N) is 5. The third-order valence-electron chi connectivity index (χ3n) is 4.83. The van der Waals surface area contributed by atoms with Crippen LogP contribution in [0, 0.1) is 5.92 Å². The molecule has 0 fully saturated rings. The van der Waals surface area contributed by atoms with Crippen LogP contribution in [-0.2, 0) is 19.2 Å². The van der Waals surface area contributed by atoms with Crippen molar-refractivity contribution in [2.75, 3.05) is 22.8 Å². The third-order valence-corrected chi connectivity index (χ3v) is 5.52. The van der Waals surface area contributed by atoms with Gasteiger partial charge >= 0.3 is 6.03 Å². The van der Waals surface area contributed by atoms with Crippen LogP contribution in [0.5, 0.6) is 0 Å². The van der Waals surface area contributed by atoms with Crippen molar-refractivity contribution < 1.29 is 28.8 Å². The summed E-state index contributed by atoms with van der Waals surface area (Å²) >= 11 is 1.93. The lowest BCUT2D eigenvalue weighted by molar-refractivity contribution is -0.131. The van der Waals surface area contributed by atoms with E-state index in [1.165, 1.54) is 12.1 Å². The monoisotopic (exact) mass is 612 g/mol. The molecule has 0 aliphatic rings. The van der Waals surface area contributed by atoms with Crippen molar-refractivity contribution in [1.29, 1.82) is 0 Å². The van der Waals surface area contributed by atoms with Gasteiger partial charge in [-0.25, -0.2) is 4.79 Å². The summed E-state index contributed by atoms with van der Waals surface area (Å²) in [5.41, 5.74) is 5.07. The molecule has 12 nitrogen and oxygen atoms in total. The summed E-state index contributed by atoms with van der Waals surface area (Å²) in [6.07, 6.45) is 0.427. The van der Waals surface area contributed by atoms with E-state index in [0.717, 1.165) is 0 Å². The topological polar surface area (TPSA) is 189 Å². The number of primary amides is 1. The molecule has 7 N–H and O–H groups in total. The van der Waals surface area contributed by atoms with E-state index >= 15 is 0 Å². The lowest BCUT2D eigenvalue weighted by Crippen LogP contribution is -2.55. The minimum absolute atomic E-state index is 0.125. The minimum Gasteiger partial charge on any atom is -0.352 e. The number of alkyl halides is 1. The van der Waals surface area contributed by atoms with Gasteiger partial charge in [-0.1, -0.05) is 36.4 Å². The van der Waals surface area contributed by atoms with Crippen LogP contribution in [0.3, 0.4) is 0 Å². The molecule has 0 aliphatic carbocycles. The van der Waals surface area contributed by atoms with E-state index in [2.05, 4.69) is 26.6 Å². The lowest BCUT2D eigenvalue weighted by Gasteiger charge is -2.25. The van der Waals surface area contributed by atoms with E-state index in [-0.39, 0.29) is 34.8 Å². The number of urea groups is 1. The molecular weight excluding hydrogens is 582 g/mol. The Bertz CT molecular complexity index is 959. The first-order valence-electron chi connectivity index (χ1n) is 11.1. The highest BCUT2D eigenvalue weighted by Crippen LogP contribution is 2.12. The molecule has 2 atom stereocenters. The predicted molar refractivity (Wildman–Crippen MR) is 143 cm³/mol. The highest BCUT2D eigenvalue weighted by atomic mass is 127. The molecule has 194 valence electrons. The van der Waals surface area contributed by atoms with Gasteiger partial charge in [-0.15, -0.1) is 0 Å². The van der Waals surface area contributed by atoms with Crippen LogP contribution in [0.1, 0.15) is 37.0 Å². The molecule has 0 saturated heterocycles. The van der Waals surface area contributed by atoms with Crippen molar-refractivity contribution >= 4 is 71.5 Å². The largest absolute Gasteiger partial charge is 0.352 e. The number of amides is 6. The number of nitrogens with two attached hydrogens (primary N) is 1. The quantitative estimate of drug-likeness (QED) is 0.0715. The fourth-order valence-corrected chi connectivity index (χ4v) is 3.20. The van der Waals surface area contributed by atoms with Gasteiger partial charge in [0.2, 0.25) is 17.7 Å². The second kappa shape index (κ2) is 15.8. The van der Waals surface area contributed by atoms with Crippen molar-refractivity contribution in [3.63, 3.8) is 0 Å². The smallest absolute Gasteiger partial charge is 0.312 e. The molecule has 0 spiro atoms. The van der Waals surface area contributed by atoms with Gasteiger partial charge in [0.1, 0.15) is 12.1 Å². The average molecular weight is 612 g/mol. The zero-order valence-electron chi connectivity index (χ0n) is 20.1. The van der Waals surface area contributed by atoms with Crippen molar-refractivity contribution in [3.05, 3.63) is 29.8 Å². The average Bonchev–Trinajstić information content (AvgIpc) is 2.82. The first-order chi connectivity index (χ1) is 16.9. The summed E-state index contributed by atoms with van der Waals surface area (Å²) in [7, 11) is 5.06. The van der Waals surface area contributed by atoms with Crippen molar-refractivity contribution in [2.24, 2.45) is 11.7 Å². The molecule has 0 aliphatic heterocycles. The number of hydrogen-bond donors (Lipinski definition) is 6. The molecule has 6 amide bonds. The SMILES string of the molecule is [B]C(=O)CNC(=O)[C@H](CCCNC(N)=O)NC(=O)C(NC(=O)c1ccc(NC(=O)CI)cc1)C(C)C. The fourth-order valence-electron chi connectivity index (χ4n) is 3.00. The van der Waals surface area contributed by atoms with Crippen LogP contribution in [0.2, 0.25) is 0 Å². The second-order valence-corrected chi connectivity index (χ2v) is 8.90.